The number of ether oxygens (including phenoxy) is 1. The molecule has 26 heavy (non-hydrogen) atoms. The minimum Gasteiger partial charge on any atom is -0.452 e. The lowest BCUT2D eigenvalue weighted by Crippen LogP contribution is -2.21. The number of anilines is 2. The zero-order chi connectivity index (χ0) is 19.1. The third kappa shape index (κ3) is 5.13. The van der Waals surface area contributed by atoms with Crippen molar-refractivity contribution >= 4 is 34.8 Å². The van der Waals surface area contributed by atoms with Crippen LogP contribution in [0.25, 0.3) is 0 Å². The van der Waals surface area contributed by atoms with E-state index in [1.54, 1.807) is 24.3 Å². The quantitative estimate of drug-likeness (QED) is 0.464. The molecule has 0 aromatic heterocycles. The molecule has 9 heteroatoms. The number of hydrogen-bond donors (Lipinski definition) is 2. The summed E-state index contributed by atoms with van der Waals surface area (Å²) in [6, 6.07) is 11.6. The maximum absolute atomic E-state index is 11.9. The Morgan fingerprint density at radius 3 is 2.15 bits per heavy atom. The van der Waals surface area contributed by atoms with Crippen LogP contribution in [0.2, 0.25) is 0 Å². The number of carbonyl (C=O) groups is 3. The summed E-state index contributed by atoms with van der Waals surface area (Å²) >= 11 is 0. The molecule has 0 saturated heterocycles. The SMILES string of the molecule is CC(=O)Nc1ccc(NC(=O)COC(=O)c2ccccc2[N+](=O)[O-])cc1. The van der Waals surface area contributed by atoms with Gasteiger partial charge in [0.1, 0.15) is 5.56 Å². The smallest absolute Gasteiger partial charge is 0.345 e. The van der Waals surface area contributed by atoms with Crippen molar-refractivity contribution in [2.75, 3.05) is 17.2 Å². The van der Waals surface area contributed by atoms with Gasteiger partial charge in [-0.3, -0.25) is 19.7 Å². The fourth-order valence-corrected chi connectivity index (χ4v) is 2.05. The highest BCUT2D eigenvalue weighted by atomic mass is 16.6. The van der Waals surface area contributed by atoms with E-state index in [9.17, 15) is 24.5 Å². The molecule has 0 aliphatic carbocycles. The number of rotatable bonds is 6. The van der Waals surface area contributed by atoms with Gasteiger partial charge in [-0.05, 0) is 30.3 Å². The van der Waals surface area contributed by atoms with Gasteiger partial charge in [0, 0.05) is 24.4 Å². The van der Waals surface area contributed by atoms with Crippen molar-refractivity contribution in [2.45, 2.75) is 6.92 Å². The lowest BCUT2D eigenvalue weighted by Gasteiger charge is -2.08. The molecule has 0 bridgehead atoms. The van der Waals surface area contributed by atoms with Crippen molar-refractivity contribution in [1.29, 1.82) is 0 Å². The van der Waals surface area contributed by atoms with Crippen LogP contribution < -0.4 is 10.6 Å². The number of benzene rings is 2. The number of nitro benzene ring substituents is 1. The maximum atomic E-state index is 11.9. The molecule has 0 spiro atoms. The molecular formula is C17H15N3O6. The van der Waals surface area contributed by atoms with E-state index in [0.29, 0.717) is 11.4 Å². The minimum atomic E-state index is -0.964. The number of nitrogens with zero attached hydrogens (tertiary/aromatic N) is 1. The molecule has 0 radical (unpaired) electrons. The lowest BCUT2D eigenvalue weighted by molar-refractivity contribution is -0.385. The molecular weight excluding hydrogens is 342 g/mol. The van der Waals surface area contributed by atoms with Crippen LogP contribution in [0.15, 0.2) is 48.5 Å². The predicted octanol–water partition coefficient (Wildman–Crippen LogP) is 2.35. The molecule has 2 N–H and O–H groups in total. The molecule has 0 aliphatic rings. The van der Waals surface area contributed by atoms with Crippen molar-refractivity contribution < 1.29 is 24.0 Å². The van der Waals surface area contributed by atoms with Gasteiger partial charge in [-0.2, -0.15) is 0 Å². The van der Waals surface area contributed by atoms with E-state index < -0.39 is 29.1 Å². The third-order valence-corrected chi connectivity index (χ3v) is 3.14. The van der Waals surface area contributed by atoms with E-state index in [0.717, 1.165) is 0 Å². The van der Waals surface area contributed by atoms with Crippen molar-refractivity contribution in [2.24, 2.45) is 0 Å². The second-order valence-electron chi connectivity index (χ2n) is 5.16. The summed E-state index contributed by atoms with van der Waals surface area (Å²) in [5.41, 5.74) is 0.376. The van der Waals surface area contributed by atoms with E-state index in [1.807, 2.05) is 0 Å². The Morgan fingerprint density at radius 1 is 1.00 bits per heavy atom. The molecule has 0 aliphatic heterocycles. The van der Waals surface area contributed by atoms with Crippen LogP contribution in [0.5, 0.6) is 0 Å². The van der Waals surface area contributed by atoms with E-state index in [2.05, 4.69) is 10.6 Å². The van der Waals surface area contributed by atoms with Crippen LogP contribution in [0.4, 0.5) is 17.1 Å². The molecule has 9 nitrogen and oxygen atoms in total. The van der Waals surface area contributed by atoms with Crippen LogP contribution in [-0.2, 0) is 14.3 Å². The number of esters is 1. The minimum absolute atomic E-state index is 0.219. The fraction of sp³-hybridized carbons (Fsp3) is 0.118. The first-order valence-corrected chi connectivity index (χ1v) is 7.45. The third-order valence-electron chi connectivity index (χ3n) is 3.14. The summed E-state index contributed by atoms with van der Waals surface area (Å²) in [5.74, 6) is -1.79. The van der Waals surface area contributed by atoms with E-state index in [-0.39, 0.29) is 11.5 Å². The van der Waals surface area contributed by atoms with Crippen LogP contribution in [0.1, 0.15) is 17.3 Å². The van der Waals surface area contributed by atoms with Crippen molar-refractivity contribution in [3.63, 3.8) is 0 Å². The van der Waals surface area contributed by atoms with Gasteiger partial charge in [0.15, 0.2) is 6.61 Å². The molecule has 0 saturated carbocycles. The first-order chi connectivity index (χ1) is 12.4. The molecule has 134 valence electrons. The van der Waals surface area contributed by atoms with Crippen LogP contribution >= 0.6 is 0 Å². The Hall–Kier alpha value is -3.75. The first kappa shape index (κ1) is 18.6. The summed E-state index contributed by atoms with van der Waals surface area (Å²) in [6.45, 7) is 0.777. The highest BCUT2D eigenvalue weighted by molar-refractivity contribution is 5.97. The summed E-state index contributed by atoms with van der Waals surface area (Å²) in [4.78, 5) is 44.9. The molecule has 2 amide bonds. The lowest BCUT2D eigenvalue weighted by atomic mass is 10.2. The van der Waals surface area contributed by atoms with Crippen LogP contribution in [0.3, 0.4) is 0 Å². The highest BCUT2D eigenvalue weighted by Gasteiger charge is 2.21. The van der Waals surface area contributed by atoms with E-state index in [1.165, 1.54) is 31.2 Å². The van der Waals surface area contributed by atoms with Gasteiger partial charge in [-0.1, -0.05) is 12.1 Å². The number of amides is 2. The molecule has 2 aromatic rings. The van der Waals surface area contributed by atoms with Crippen LogP contribution in [0, 0.1) is 10.1 Å². The second kappa shape index (κ2) is 8.38. The summed E-state index contributed by atoms with van der Waals surface area (Å²) in [5, 5.41) is 16.0. The first-order valence-electron chi connectivity index (χ1n) is 7.45. The molecule has 2 rings (SSSR count). The number of hydrogen-bond acceptors (Lipinski definition) is 6. The number of nitro groups is 1. The monoisotopic (exact) mass is 357 g/mol. The van der Waals surface area contributed by atoms with Gasteiger partial charge >= 0.3 is 5.97 Å². The van der Waals surface area contributed by atoms with Gasteiger partial charge < -0.3 is 15.4 Å². The average Bonchev–Trinajstić information content (AvgIpc) is 2.61. The van der Waals surface area contributed by atoms with Crippen LogP contribution in [-0.4, -0.2) is 29.3 Å². The molecule has 2 aromatic carbocycles. The number of nitrogens with one attached hydrogen (secondary N) is 2. The number of carbonyl (C=O) groups excluding carboxylic acids is 3. The van der Waals surface area contributed by atoms with E-state index in [4.69, 9.17) is 4.74 Å². The van der Waals surface area contributed by atoms with Crippen molar-refractivity contribution in [3.05, 3.63) is 64.2 Å². The van der Waals surface area contributed by atoms with Crippen molar-refractivity contribution in [1.82, 2.24) is 0 Å². The van der Waals surface area contributed by atoms with Gasteiger partial charge in [-0.25, -0.2) is 4.79 Å². The van der Waals surface area contributed by atoms with Gasteiger partial charge in [0.05, 0.1) is 4.92 Å². The molecule has 0 heterocycles. The molecule has 0 atom stereocenters. The van der Waals surface area contributed by atoms with Gasteiger partial charge in [-0.15, -0.1) is 0 Å². The topological polar surface area (TPSA) is 128 Å². The Balaban J connectivity index is 1.91. The highest BCUT2D eigenvalue weighted by Crippen LogP contribution is 2.18. The average molecular weight is 357 g/mol. The number of para-hydroxylation sites is 1. The Bertz CT molecular complexity index is 848. The zero-order valence-electron chi connectivity index (χ0n) is 13.7. The summed E-state index contributed by atoms with van der Waals surface area (Å²) < 4.78 is 4.82. The zero-order valence-corrected chi connectivity index (χ0v) is 13.7. The molecule has 0 unspecified atom stereocenters. The van der Waals surface area contributed by atoms with Crippen molar-refractivity contribution in [3.8, 4) is 0 Å². The normalized spacial score (nSPS) is 9.88. The predicted molar refractivity (Wildman–Crippen MR) is 92.8 cm³/mol. The van der Waals surface area contributed by atoms with E-state index >= 15 is 0 Å². The van der Waals surface area contributed by atoms with Gasteiger partial charge in [0.25, 0.3) is 11.6 Å². The maximum Gasteiger partial charge on any atom is 0.345 e. The Morgan fingerprint density at radius 2 is 1.58 bits per heavy atom. The largest absolute Gasteiger partial charge is 0.452 e. The Labute approximate surface area is 148 Å². The Kier molecular flexibility index (Phi) is 5.99. The second-order valence-corrected chi connectivity index (χ2v) is 5.16. The summed E-state index contributed by atoms with van der Waals surface area (Å²) in [7, 11) is 0. The molecule has 0 fully saturated rings. The fourth-order valence-electron chi connectivity index (χ4n) is 2.05. The van der Waals surface area contributed by atoms with Gasteiger partial charge in [0.2, 0.25) is 5.91 Å². The standard InChI is InChI=1S/C17H15N3O6/c1-11(21)18-12-6-8-13(9-7-12)19-16(22)10-26-17(23)14-4-2-3-5-15(14)20(24)25/h2-9H,10H2,1H3,(H,18,21)(H,19,22). The summed E-state index contributed by atoms with van der Waals surface area (Å²) in [6.07, 6.45) is 0.